The molecule has 0 unspecified atom stereocenters. The molecular formula is AlBO3Si+4. The van der Waals surface area contributed by atoms with E-state index in [0.717, 1.165) is 0 Å². The largest absolute Gasteiger partial charge is 4.00 e. The molecule has 0 radical (unpaired) electrons. The maximum Gasteiger partial charge on any atom is 4.00 e. The normalized spacial score (nSPS) is 4.50. The Balaban J connectivity index is -0.0000000450. The molecule has 0 aliphatic rings. The summed E-state index contributed by atoms with van der Waals surface area (Å²) in [6.45, 7) is 0. The van der Waals surface area contributed by atoms with Crippen molar-refractivity contribution in [2.24, 2.45) is 0 Å². The second-order valence-electron chi connectivity index (χ2n) is 0.289. The van der Waals surface area contributed by atoms with E-state index in [4.69, 9.17) is 15.1 Å². The minimum atomic E-state index is -2.92. The summed E-state index contributed by atoms with van der Waals surface area (Å²) >= 11 is 0. The van der Waals surface area contributed by atoms with Crippen LogP contribution in [0.2, 0.25) is 0 Å². The minimum Gasteiger partial charge on any atom is -0.907 e. The van der Waals surface area contributed by atoms with Crippen LogP contribution in [0.1, 0.15) is 0 Å². The van der Waals surface area contributed by atoms with Gasteiger partial charge in [0.1, 0.15) is 0 Å². The quantitative estimate of drug-likeness (QED) is 0.297. The van der Waals surface area contributed by atoms with Gasteiger partial charge in [0, 0.05) is 0 Å². The van der Waals surface area contributed by atoms with Gasteiger partial charge in [-0.1, -0.05) is 0 Å². The molecule has 0 saturated heterocycles. The van der Waals surface area contributed by atoms with Crippen LogP contribution in [-0.2, 0) is 0 Å². The van der Waals surface area contributed by atoms with Crippen LogP contribution < -0.4 is 15.1 Å². The Bertz CT molecular complexity index is 15.5. The van der Waals surface area contributed by atoms with E-state index in [9.17, 15) is 0 Å². The fourth-order valence-electron chi connectivity index (χ4n) is 0. The Morgan fingerprint density at radius 2 is 1.00 bits per heavy atom. The predicted molar refractivity (Wildman–Crippen MR) is 17.3 cm³/mol. The Labute approximate surface area is 51.3 Å². The smallest absolute Gasteiger partial charge is 0.907 e. The molecule has 0 aliphatic carbocycles. The first-order valence-corrected chi connectivity index (χ1v) is 0.707. The molecule has 0 amide bonds. The number of rotatable bonds is 0. The standard InChI is InChI=1S/Al.BO3.Si/c;2-1(3)4;/q+3;-3;+4. The fraction of sp³-hybridized carbons (Fsp3) is 0. The van der Waals surface area contributed by atoms with Crippen LogP contribution in [0.15, 0.2) is 0 Å². The zero-order chi connectivity index (χ0) is 3.58. The summed E-state index contributed by atoms with van der Waals surface area (Å²) in [4.78, 5) is 0. The second kappa shape index (κ2) is 9.19. The molecule has 0 saturated carbocycles. The van der Waals surface area contributed by atoms with E-state index in [1.165, 1.54) is 0 Å². The molecule has 0 atom stereocenters. The third-order valence-electron chi connectivity index (χ3n) is 0. The zero-order valence-corrected chi connectivity index (χ0v) is 5.03. The van der Waals surface area contributed by atoms with Crippen molar-refractivity contribution in [3.05, 3.63) is 0 Å². The number of hydrogen-bond donors (Lipinski definition) is 0. The molecule has 0 bridgehead atoms. The van der Waals surface area contributed by atoms with Crippen molar-refractivity contribution in [2.75, 3.05) is 0 Å². The van der Waals surface area contributed by atoms with Crippen molar-refractivity contribution in [1.82, 2.24) is 0 Å². The third kappa shape index (κ3) is 133. The second-order valence-corrected chi connectivity index (χ2v) is 0.289. The molecule has 3 nitrogen and oxygen atoms in total. The van der Waals surface area contributed by atoms with Gasteiger partial charge >= 0.3 is 28.3 Å². The van der Waals surface area contributed by atoms with E-state index in [-0.39, 0.29) is 28.3 Å². The zero-order valence-electron chi connectivity index (χ0n) is 2.88. The van der Waals surface area contributed by atoms with Gasteiger partial charge in [0.15, 0.2) is 0 Å². The monoisotopic (exact) mass is 114 g/mol. The van der Waals surface area contributed by atoms with Gasteiger partial charge < -0.3 is 15.1 Å². The van der Waals surface area contributed by atoms with Crippen LogP contribution in [0.3, 0.4) is 0 Å². The fourth-order valence-corrected chi connectivity index (χ4v) is 0. The van der Waals surface area contributed by atoms with Crippen LogP contribution in [-0.4, -0.2) is 35.6 Å². The number of hydrogen-bond acceptors (Lipinski definition) is 3. The maximum absolute atomic E-state index is 8.42. The van der Waals surface area contributed by atoms with Crippen LogP contribution in [0.4, 0.5) is 0 Å². The molecule has 0 aromatic carbocycles. The van der Waals surface area contributed by atoms with E-state index in [2.05, 4.69) is 0 Å². The van der Waals surface area contributed by atoms with Crippen molar-refractivity contribution in [3.63, 3.8) is 0 Å². The van der Waals surface area contributed by atoms with Crippen LogP contribution in [0.25, 0.3) is 0 Å². The van der Waals surface area contributed by atoms with Gasteiger partial charge in [-0.15, -0.1) is 0 Å². The van der Waals surface area contributed by atoms with Gasteiger partial charge in [0.2, 0.25) is 0 Å². The van der Waals surface area contributed by atoms with Crippen molar-refractivity contribution in [1.29, 1.82) is 0 Å². The van der Waals surface area contributed by atoms with E-state index in [1.807, 2.05) is 0 Å². The van der Waals surface area contributed by atoms with Gasteiger partial charge in [0.25, 0.3) is 0 Å². The summed E-state index contributed by atoms with van der Waals surface area (Å²) in [7, 11) is -2.92. The first kappa shape index (κ1) is 15.9. The summed E-state index contributed by atoms with van der Waals surface area (Å²) in [5, 5.41) is 25.2. The summed E-state index contributed by atoms with van der Waals surface area (Å²) < 4.78 is 0. The van der Waals surface area contributed by atoms with Crippen LogP contribution >= 0.6 is 0 Å². The molecule has 0 aromatic heterocycles. The maximum atomic E-state index is 8.42. The van der Waals surface area contributed by atoms with E-state index in [1.54, 1.807) is 0 Å². The average Bonchev–Trinajstić information content (AvgIpc) is 0.811. The van der Waals surface area contributed by atoms with Crippen LogP contribution in [0, 0.1) is 0 Å². The first-order chi connectivity index (χ1) is 1.73. The Kier molecular flexibility index (Phi) is 24.4. The molecule has 24 valence electrons. The van der Waals surface area contributed by atoms with E-state index >= 15 is 0 Å². The molecule has 0 aromatic rings. The van der Waals surface area contributed by atoms with E-state index in [0.29, 0.717) is 0 Å². The molecule has 0 rings (SSSR count). The van der Waals surface area contributed by atoms with Gasteiger partial charge in [-0.25, -0.2) is 0 Å². The average molecular weight is 114 g/mol. The van der Waals surface area contributed by atoms with Crippen molar-refractivity contribution in [3.8, 4) is 0 Å². The summed E-state index contributed by atoms with van der Waals surface area (Å²) in [6.07, 6.45) is 0. The molecule has 0 spiro atoms. The van der Waals surface area contributed by atoms with Gasteiger partial charge in [0.05, 0.1) is 0 Å². The molecular weight excluding hydrogens is 114 g/mol. The molecule has 0 fully saturated rings. The van der Waals surface area contributed by atoms with Crippen molar-refractivity contribution >= 4 is 35.6 Å². The Morgan fingerprint density at radius 3 is 1.00 bits per heavy atom. The van der Waals surface area contributed by atoms with Crippen molar-refractivity contribution < 1.29 is 15.1 Å². The molecule has 6 heteroatoms. The molecule has 0 aliphatic heterocycles. The predicted octanol–water partition coefficient (Wildman–Crippen LogP) is -4.71. The summed E-state index contributed by atoms with van der Waals surface area (Å²) in [6, 6.07) is 0. The van der Waals surface area contributed by atoms with E-state index < -0.39 is 7.32 Å². The Hall–Kier alpha value is 0.694. The molecule has 0 N–H and O–H groups in total. The molecule has 6 heavy (non-hydrogen) atoms. The summed E-state index contributed by atoms with van der Waals surface area (Å²) in [5.74, 6) is 0. The third-order valence-corrected chi connectivity index (χ3v) is 0. The van der Waals surface area contributed by atoms with Gasteiger partial charge in [-0.3, -0.25) is 7.32 Å². The SMILES string of the molecule is [Al+3].[O-]B([O-])[O-].[Si+4]. The Morgan fingerprint density at radius 1 is 1.00 bits per heavy atom. The van der Waals surface area contributed by atoms with Gasteiger partial charge in [-0.2, -0.15) is 0 Å². The van der Waals surface area contributed by atoms with Gasteiger partial charge in [-0.05, 0) is 0 Å². The molecule has 0 heterocycles. The first-order valence-electron chi connectivity index (χ1n) is 0.707. The van der Waals surface area contributed by atoms with Crippen LogP contribution in [0.5, 0.6) is 0 Å². The topological polar surface area (TPSA) is 69.2 Å². The summed E-state index contributed by atoms with van der Waals surface area (Å²) in [5.41, 5.74) is 0. The van der Waals surface area contributed by atoms with Crippen molar-refractivity contribution in [2.45, 2.75) is 0 Å². The minimum absolute atomic E-state index is 0.